The maximum absolute atomic E-state index is 11.9. The summed E-state index contributed by atoms with van der Waals surface area (Å²) in [5.41, 5.74) is 1.64. The minimum absolute atomic E-state index is 0.129. The maximum Gasteiger partial charge on any atom is 0.253 e. The number of pyridine rings is 1. The highest BCUT2D eigenvalue weighted by Gasteiger charge is 2.34. The van der Waals surface area contributed by atoms with E-state index >= 15 is 0 Å². The molecule has 0 saturated carbocycles. The van der Waals surface area contributed by atoms with Crippen molar-refractivity contribution in [3.8, 4) is 0 Å². The number of hydrogen-bond donors (Lipinski definition) is 1. The Hall–Kier alpha value is -2.68. The van der Waals surface area contributed by atoms with Crippen molar-refractivity contribution in [2.75, 3.05) is 32.8 Å². The molecule has 2 amide bonds. The van der Waals surface area contributed by atoms with Crippen LogP contribution in [0.1, 0.15) is 49.9 Å². The van der Waals surface area contributed by atoms with Gasteiger partial charge in [-0.2, -0.15) is 5.06 Å². The fraction of sp³-hybridized carbons (Fsp3) is 0.500. The molecule has 2 heterocycles. The van der Waals surface area contributed by atoms with Gasteiger partial charge in [-0.15, -0.1) is 0 Å². The molecular weight excluding hydrogens is 408 g/mol. The first-order valence-corrected chi connectivity index (χ1v) is 11.3. The van der Waals surface area contributed by atoms with Crippen molar-refractivity contribution in [2.45, 2.75) is 39.7 Å². The summed E-state index contributed by atoms with van der Waals surface area (Å²) in [6, 6.07) is 2.05. The second-order valence-electron chi connectivity index (χ2n) is 8.13. The van der Waals surface area contributed by atoms with E-state index in [1.807, 2.05) is 12.3 Å². The SMILES string of the molecule is CCN(CC)CCCNCc1cnc2c(c1)C=CC(C=O)(CON1C(=O)CCC1=O)C=C2. The highest BCUT2D eigenvalue weighted by molar-refractivity contribution is 6.00. The van der Waals surface area contributed by atoms with Crippen molar-refractivity contribution in [1.82, 2.24) is 20.3 Å². The lowest BCUT2D eigenvalue weighted by Gasteiger charge is -2.22. The summed E-state index contributed by atoms with van der Waals surface area (Å²) in [5.74, 6) is -0.756. The van der Waals surface area contributed by atoms with Crippen LogP contribution in [-0.4, -0.2) is 65.8 Å². The molecule has 0 spiro atoms. The summed E-state index contributed by atoms with van der Waals surface area (Å²) in [4.78, 5) is 47.8. The normalized spacial score (nSPS) is 20.2. The Kier molecular flexibility index (Phi) is 8.44. The molecule has 2 aliphatic rings. The summed E-state index contributed by atoms with van der Waals surface area (Å²) < 4.78 is 0. The smallest absolute Gasteiger partial charge is 0.253 e. The largest absolute Gasteiger partial charge is 0.313 e. The number of aldehydes is 1. The number of imide groups is 1. The highest BCUT2D eigenvalue weighted by atomic mass is 16.7. The summed E-state index contributed by atoms with van der Waals surface area (Å²) in [6.45, 7) is 9.11. The lowest BCUT2D eigenvalue weighted by atomic mass is 9.90. The zero-order valence-corrected chi connectivity index (χ0v) is 18.9. The minimum Gasteiger partial charge on any atom is -0.313 e. The molecule has 1 fully saturated rings. The Morgan fingerprint density at radius 2 is 1.91 bits per heavy atom. The minimum atomic E-state index is -1.08. The number of fused-ring (bicyclic) bond motifs is 1. The van der Waals surface area contributed by atoms with E-state index in [1.54, 1.807) is 18.2 Å². The number of aromatic nitrogens is 1. The molecule has 1 saturated heterocycles. The van der Waals surface area contributed by atoms with Crippen LogP contribution in [0.2, 0.25) is 0 Å². The standard InChI is InChI=1S/C24H32N4O4/c1-3-27(4-2)13-5-12-25-15-19-14-20-8-10-24(17-29,11-9-21(20)26-16-19)18-32-28-22(30)6-7-23(28)31/h8-11,14,16-17,25H,3-7,12-13,15,18H2,1-2H3. The van der Waals surface area contributed by atoms with Gasteiger partial charge in [0.15, 0.2) is 0 Å². The maximum atomic E-state index is 11.9. The number of nitrogens with one attached hydrogen (secondary N) is 1. The van der Waals surface area contributed by atoms with Crippen molar-refractivity contribution in [3.05, 3.63) is 41.2 Å². The van der Waals surface area contributed by atoms with Crippen LogP contribution < -0.4 is 5.32 Å². The molecule has 1 aliphatic heterocycles. The molecule has 8 nitrogen and oxygen atoms in total. The summed E-state index contributed by atoms with van der Waals surface area (Å²) >= 11 is 0. The molecule has 1 aliphatic carbocycles. The van der Waals surface area contributed by atoms with Gasteiger partial charge in [-0.1, -0.05) is 32.1 Å². The van der Waals surface area contributed by atoms with E-state index in [9.17, 15) is 14.4 Å². The average Bonchev–Trinajstić information content (AvgIpc) is 3.02. The Morgan fingerprint density at radius 1 is 1.19 bits per heavy atom. The molecule has 1 atom stereocenters. The van der Waals surface area contributed by atoms with Crippen molar-refractivity contribution in [2.24, 2.45) is 5.41 Å². The van der Waals surface area contributed by atoms with E-state index in [0.717, 1.165) is 67.3 Å². The quantitative estimate of drug-likeness (QED) is 0.303. The van der Waals surface area contributed by atoms with Crippen molar-refractivity contribution < 1.29 is 19.2 Å². The topological polar surface area (TPSA) is 91.8 Å². The predicted octanol–water partition coefficient (Wildman–Crippen LogP) is 2.21. The zero-order chi connectivity index (χ0) is 23.0. The number of amides is 2. The molecular formula is C24H32N4O4. The second-order valence-corrected chi connectivity index (χ2v) is 8.13. The number of hydroxylamine groups is 2. The third-order valence-corrected chi connectivity index (χ3v) is 5.85. The van der Waals surface area contributed by atoms with E-state index in [1.165, 1.54) is 0 Å². The van der Waals surface area contributed by atoms with Gasteiger partial charge in [-0.05, 0) is 50.3 Å². The molecule has 3 rings (SSSR count). The number of nitrogens with zero attached hydrogens (tertiary/aromatic N) is 3. The molecule has 0 aromatic carbocycles. The van der Waals surface area contributed by atoms with Crippen LogP contribution in [0.3, 0.4) is 0 Å². The fourth-order valence-corrected chi connectivity index (χ4v) is 3.73. The Morgan fingerprint density at radius 3 is 2.59 bits per heavy atom. The first kappa shape index (κ1) is 24.0. The summed E-state index contributed by atoms with van der Waals surface area (Å²) in [7, 11) is 0. The molecule has 0 bridgehead atoms. The van der Waals surface area contributed by atoms with Crippen LogP contribution >= 0.6 is 0 Å². The van der Waals surface area contributed by atoms with Crippen LogP contribution in [0, 0.1) is 5.41 Å². The summed E-state index contributed by atoms with van der Waals surface area (Å²) in [5, 5.41) is 4.23. The van der Waals surface area contributed by atoms with Crippen LogP contribution in [0.25, 0.3) is 12.2 Å². The molecule has 32 heavy (non-hydrogen) atoms. The van der Waals surface area contributed by atoms with Crippen LogP contribution in [0.15, 0.2) is 24.4 Å². The van der Waals surface area contributed by atoms with E-state index in [4.69, 9.17) is 4.84 Å². The summed E-state index contributed by atoms with van der Waals surface area (Å²) in [6.07, 6.45) is 11.0. The molecule has 1 aromatic heterocycles. The van der Waals surface area contributed by atoms with Gasteiger partial charge in [0, 0.05) is 31.1 Å². The first-order valence-electron chi connectivity index (χ1n) is 11.3. The van der Waals surface area contributed by atoms with Gasteiger partial charge in [0.2, 0.25) is 0 Å². The average molecular weight is 441 g/mol. The van der Waals surface area contributed by atoms with Crippen LogP contribution in [0.4, 0.5) is 0 Å². The fourth-order valence-electron chi connectivity index (χ4n) is 3.73. The lowest BCUT2D eigenvalue weighted by molar-refractivity contribution is -0.192. The van der Waals surface area contributed by atoms with E-state index in [2.05, 4.69) is 35.1 Å². The van der Waals surface area contributed by atoms with Crippen LogP contribution in [-0.2, 0) is 25.8 Å². The highest BCUT2D eigenvalue weighted by Crippen LogP contribution is 2.28. The van der Waals surface area contributed by atoms with E-state index in [-0.39, 0.29) is 31.3 Å². The lowest BCUT2D eigenvalue weighted by Crippen LogP contribution is -2.35. The van der Waals surface area contributed by atoms with Crippen LogP contribution in [0.5, 0.6) is 0 Å². The third-order valence-electron chi connectivity index (χ3n) is 5.85. The number of carbonyl (C=O) groups excluding carboxylic acids is 3. The number of hydrogen-bond acceptors (Lipinski definition) is 7. The van der Waals surface area contributed by atoms with E-state index in [0.29, 0.717) is 0 Å². The second kappa shape index (κ2) is 11.3. The van der Waals surface area contributed by atoms with Crippen molar-refractivity contribution in [3.63, 3.8) is 0 Å². The molecule has 0 radical (unpaired) electrons. The van der Waals surface area contributed by atoms with Gasteiger partial charge >= 0.3 is 0 Å². The Labute approximate surface area is 189 Å². The van der Waals surface area contributed by atoms with Gasteiger partial charge < -0.3 is 15.0 Å². The first-order chi connectivity index (χ1) is 15.5. The van der Waals surface area contributed by atoms with Gasteiger partial charge in [-0.3, -0.25) is 19.4 Å². The molecule has 172 valence electrons. The van der Waals surface area contributed by atoms with Crippen molar-refractivity contribution >= 4 is 30.3 Å². The monoisotopic (exact) mass is 440 g/mol. The molecule has 8 heteroatoms. The van der Waals surface area contributed by atoms with Gasteiger partial charge in [0.1, 0.15) is 6.29 Å². The number of rotatable bonds is 12. The van der Waals surface area contributed by atoms with E-state index < -0.39 is 5.41 Å². The van der Waals surface area contributed by atoms with Gasteiger partial charge in [0.25, 0.3) is 11.8 Å². The van der Waals surface area contributed by atoms with Gasteiger partial charge in [-0.25, -0.2) is 0 Å². The molecule has 1 unspecified atom stereocenters. The number of carbonyl (C=O) groups is 3. The zero-order valence-electron chi connectivity index (χ0n) is 18.9. The van der Waals surface area contributed by atoms with Gasteiger partial charge in [0.05, 0.1) is 17.7 Å². The molecule has 1 aromatic rings. The third kappa shape index (κ3) is 5.97. The Balaban J connectivity index is 1.58. The Bertz CT molecular complexity index is 878. The molecule has 1 N–H and O–H groups in total. The predicted molar refractivity (Wildman–Crippen MR) is 122 cm³/mol. The van der Waals surface area contributed by atoms with Crippen molar-refractivity contribution in [1.29, 1.82) is 0 Å².